The summed E-state index contributed by atoms with van der Waals surface area (Å²) in [5.74, 6) is 1.04. The number of hydrogen-bond acceptors (Lipinski definition) is 3. The molecular formula is C15H14N2O2. The molecule has 96 valence electrons. The van der Waals surface area contributed by atoms with Crippen LogP contribution in [0.3, 0.4) is 0 Å². The summed E-state index contributed by atoms with van der Waals surface area (Å²) < 4.78 is 7.41. The van der Waals surface area contributed by atoms with Crippen molar-refractivity contribution < 1.29 is 9.21 Å². The second kappa shape index (κ2) is 4.39. The molecule has 0 saturated carbocycles. The summed E-state index contributed by atoms with van der Waals surface area (Å²) in [6, 6.07) is 9.83. The number of carbonyl (C=O) groups excluding carboxylic acids is 1. The van der Waals surface area contributed by atoms with Gasteiger partial charge < -0.3 is 4.42 Å². The van der Waals surface area contributed by atoms with Crippen molar-refractivity contribution in [2.24, 2.45) is 0 Å². The van der Waals surface area contributed by atoms with Crippen LogP contribution in [0.15, 0.2) is 40.9 Å². The van der Waals surface area contributed by atoms with Crippen LogP contribution in [0, 0.1) is 0 Å². The molecule has 0 saturated heterocycles. The number of fused-ring (bicyclic) bond motifs is 1. The highest BCUT2D eigenvalue weighted by Gasteiger charge is 2.09. The molecule has 0 fully saturated rings. The highest BCUT2D eigenvalue weighted by atomic mass is 16.3. The Morgan fingerprint density at radius 2 is 2.11 bits per heavy atom. The van der Waals surface area contributed by atoms with Gasteiger partial charge in [-0.2, -0.15) is 5.10 Å². The normalized spacial score (nSPS) is 11.3. The fourth-order valence-electron chi connectivity index (χ4n) is 2.19. The highest BCUT2D eigenvalue weighted by molar-refractivity contribution is 5.84. The second-order valence-corrected chi connectivity index (χ2v) is 4.78. The molecule has 0 bridgehead atoms. The van der Waals surface area contributed by atoms with Crippen LogP contribution >= 0.6 is 0 Å². The van der Waals surface area contributed by atoms with E-state index in [2.05, 4.69) is 18.9 Å². The predicted molar refractivity (Wildman–Crippen MR) is 73.2 cm³/mol. The van der Waals surface area contributed by atoms with Gasteiger partial charge in [0, 0.05) is 17.0 Å². The van der Waals surface area contributed by atoms with Gasteiger partial charge in [0.15, 0.2) is 12.0 Å². The molecule has 2 aromatic heterocycles. The number of hydrogen-bond donors (Lipinski definition) is 0. The lowest BCUT2D eigenvalue weighted by Crippen LogP contribution is -2.01. The maximum Gasteiger partial charge on any atom is 0.185 e. The molecule has 0 unspecified atom stereocenters. The molecule has 2 heterocycles. The molecule has 19 heavy (non-hydrogen) atoms. The molecule has 0 aliphatic carbocycles. The lowest BCUT2D eigenvalue weighted by atomic mass is 10.1. The maximum absolute atomic E-state index is 10.6. The predicted octanol–water partition coefficient (Wildman–Crippen LogP) is 3.69. The Labute approximate surface area is 110 Å². The van der Waals surface area contributed by atoms with E-state index in [1.165, 1.54) is 0 Å². The van der Waals surface area contributed by atoms with Gasteiger partial charge in [-0.25, -0.2) is 0 Å². The number of rotatable bonds is 3. The van der Waals surface area contributed by atoms with Gasteiger partial charge in [-0.1, -0.05) is 0 Å². The third-order valence-electron chi connectivity index (χ3n) is 3.11. The zero-order chi connectivity index (χ0) is 13.4. The summed E-state index contributed by atoms with van der Waals surface area (Å²) >= 11 is 0. The number of furan rings is 1. The third kappa shape index (κ3) is 1.95. The quantitative estimate of drug-likeness (QED) is 0.670. The number of benzene rings is 1. The summed E-state index contributed by atoms with van der Waals surface area (Å²) in [4.78, 5) is 10.6. The van der Waals surface area contributed by atoms with Gasteiger partial charge in [0.2, 0.25) is 0 Å². The minimum atomic E-state index is 0.327. The largest absolute Gasteiger partial charge is 0.453 e. The molecule has 4 heteroatoms. The summed E-state index contributed by atoms with van der Waals surface area (Å²) in [6.07, 6.45) is 2.56. The van der Waals surface area contributed by atoms with Crippen molar-refractivity contribution in [1.29, 1.82) is 0 Å². The van der Waals surface area contributed by atoms with Crippen LogP contribution in [0.2, 0.25) is 0 Å². The Morgan fingerprint density at radius 1 is 1.26 bits per heavy atom. The molecule has 0 atom stereocenters. The first-order valence-corrected chi connectivity index (χ1v) is 6.21. The van der Waals surface area contributed by atoms with Crippen LogP contribution in [0.25, 0.3) is 22.2 Å². The molecule has 0 amide bonds. The SMILES string of the molecule is CC(C)n1ncc2cc(-c3ccc(C=O)o3)ccc21. The Balaban J connectivity index is 2.09. The van der Waals surface area contributed by atoms with Crippen molar-refractivity contribution in [3.63, 3.8) is 0 Å². The van der Waals surface area contributed by atoms with Crippen molar-refractivity contribution in [3.8, 4) is 11.3 Å². The van der Waals surface area contributed by atoms with Crippen molar-refractivity contribution in [2.75, 3.05) is 0 Å². The molecular weight excluding hydrogens is 240 g/mol. The van der Waals surface area contributed by atoms with Crippen LogP contribution < -0.4 is 0 Å². The lowest BCUT2D eigenvalue weighted by Gasteiger charge is -2.07. The summed E-state index contributed by atoms with van der Waals surface area (Å²) in [5, 5.41) is 5.45. The maximum atomic E-state index is 10.6. The monoisotopic (exact) mass is 254 g/mol. The number of aldehydes is 1. The fourth-order valence-corrected chi connectivity index (χ4v) is 2.19. The molecule has 1 aromatic carbocycles. The summed E-state index contributed by atoms with van der Waals surface area (Å²) in [6.45, 7) is 4.20. The molecule has 3 aromatic rings. The second-order valence-electron chi connectivity index (χ2n) is 4.78. The Bertz CT molecular complexity index is 738. The number of carbonyl (C=O) groups is 1. The molecule has 0 aliphatic heterocycles. The molecule has 0 radical (unpaired) electrons. The number of aromatic nitrogens is 2. The Kier molecular flexibility index (Phi) is 2.71. The van der Waals surface area contributed by atoms with Crippen LogP contribution in [-0.4, -0.2) is 16.1 Å². The van der Waals surface area contributed by atoms with Gasteiger partial charge in [0.1, 0.15) is 5.76 Å². The Morgan fingerprint density at radius 3 is 2.79 bits per heavy atom. The molecule has 3 rings (SSSR count). The van der Waals surface area contributed by atoms with Crippen LogP contribution in [0.4, 0.5) is 0 Å². The van der Waals surface area contributed by atoms with E-state index < -0.39 is 0 Å². The van der Waals surface area contributed by atoms with Gasteiger partial charge >= 0.3 is 0 Å². The van der Waals surface area contributed by atoms with E-state index in [4.69, 9.17) is 4.42 Å². The fraction of sp³-hybridized carbons (Fsp3) is 0.200. The van der Waals surface area contributed by atoms with E-state index in [0.717, 1.165) is 16.5 Å². The van der Waals surface area contributed by atoms with Crippen molar-refractivity contribution in [2.45, 2.75) is 19.9 Å². The minimum Gasteiger partial charge on any atom is -0.453 e. The van der Waals surface area contributed by atoms with Gasteiger partial charge in [-0.3, -0.25) is 9.48 Å². The van der Waals surface area contributed by atoms with E-state index in [-0.39, 0.29) is 0 Å². The van der Waals surface area contributed by atoms with Gasteiger partial charge in [-0.05, 0) is 44.2 Å². The minimum absolute atomic E-state index is 0.327. The number of nitrogens with zero attached hydrogens (tertiary/aromatic N) is 2. The topological polar surface area (TPSA) is 48.0 Å². The van der Waals surface area contributed by atoms with E-state index >= 15 is 0 Å². The smallest absolute Gasteiger partial charge is 0.185 e. The van der Waals surface area contributed by atoms with Crippen molar-refractivity contribution >= 4 is 17.2 Å². The average Bonchev–Trinajstić information content (AvgIpc) is 3.04. The first-order chi connectivity index (χ1) is 9.19. The summed E-state index contributed by atoms with van der Waals surface area (Å²) in [7, 11) is 0. The standard InChI is InChI=1S/C15H14N2O2/c1-10(2)17-14-5-3-11(7-12(14)8-16-17)15-6-4-13(9-18)19-15/h3-10H,1-2H3. The van der Waals surface area contributed by atoms with Crippen LogP contribution in [-0.2, 0) is 0 Å². The summed E-state index contributed by atoms with van der Waals surface area (Å²) in [5.41, 5.74) is 2.05. The highest BCUT2D eigenvalue weighted by Crippen LogP contribution is 2.26. The molecule has 4 nitrogen and oxygen atoms in total. The Hall–Kier alpha value is -2.36. The molecule has 0 aliphatic rings. The van der Waals surface area contributed by atoms with Gasteiger partial charge in [0.05, 0.1) is 11.7 Å². The van der Waals surface area contributed by atoms with E-state index in [9.17, 15) is 4.79 Å². The zero-order valence-corrected chi connectivity index (χ0v) is 10.8. The van der Waals surface area contributed by atoms with E-state index in [0.29, 0.717) is 23.8 Å². The van der Waals surface area contributed by atoms with E-state index in [1.54, 1.807) is 12.1 Å². The third-order valence-corrected chi connectivity index (χ3v) is 3.11. The van der Waals surface area contributed by atoms with Gasteiger partial charge in [0.25, 0.3) is 0 Å². The van der Waals surface area contributed by atoms with Crippen LogP contribution in [0.1, 0.15) is 30.4 Å². The van der Waals surface area contributed by atoms with E-state index in [1.807, 2.05) is 29.1 Å². The van der Waals surface area contributed by atoms with Crippen LogP contribution in [0.5, 0.6) is 0 Å². The molecule has 0 N–H and O–H groups in total. The van der Waals surface area contributed by atoms with Crippen molar-refractivity contribution in [3.05, 3.63) is 42.3 Å². The average molecular weight is 254 g/mol. The lowest BCUT2D eigenvalue weighted by molar-refractivity contribution is 0.110. The first-order valence-electron chi connectivity index (χ1n) is 6.21. The zero-order valence-electron chi connectivity index (χ0n) is 10.8. The van der Waals surface area contributed by atoms with Crippen molar-refractivity contribution in [1.82, 2.24) is 9.78 Å². The van der Waals surface area contributed by atoms with Gasteiger partial charge in [-0.15, -0.1) is 0 Å². The molecule has 0 spiro atoms. The first kappa shape index (κ1) is 11.7.